The molecule has 1 aliphatic heterocycles. The fourth-order valence-electron chi connectivity index (χ4n) is 3.76. The number of hydrogen-bond donors (Lipinski definition) is 1. The predicted octanol–water partition coefficient (Wildman–Crippen LogP) is 3.31. The molecule has 6 nitrogen and oxygen atoms in total. The number of nitrogens with zero attached hydrogens (tertiary/aromatic N) is 1. The molecule has 6 heteroatoms. The fraction of sp³-hybridized carbons (Fsp3) is 0.417. The zero-order valence-electron chi connectivity index (χ0n) is 17.7. The molecule has 1 saturated heterocycles. The van der Waals surface area contributed by atoms with Crippen LogP contribution in [-0.4, -0.2) is 50.6 Å². The number of rotatable bonds is 8. The average Bonchev–Trinajstić information content (AvgIpc) is 2.81. The molecule has 3 rings (SSSR count). The Morgan fingerprint density at radius 1 is 1.00 bits per heavy atom. The molecule has 1 N–H and O–H groups in total. The molecule has 0 atom stereocenters. The van der Waals surface area contributed by atoms with Gasteiger partial charge in [-0.1, -0.05) is 30.3 Å². The van der Waals surface area contributed by atoms with Crippen molar-refractivity contribution >= 4 is 11.8 Å². The summed E-state index contributed by atoms with van der Waals surface area (Å²) in [7, 11) is 3.12. The summed E-state index contributed by atoms with van der Waals surface area (Å²) in [6, 6.07) is 15.2. The van der Waals surface area contributed by atoms with E-state index in [-0.39, 0.29) is 11.8 Å². The third-order valence-corrected chi connectivity index (χ3v) is 5.63. The first-order chi connectivity index (χ1) is 14.6. The second-order valence-corrected chi connectivity index (χ2v) is 7.59. The highest BCUT2D eigenvalue weighted by atomic mass is 16.5. The van der Waals surface area contributed by atoms with Crippen LogP contribution in [0.1, 0.15) is 35.2 Å². The minimum absolute atomic E-state index is 0.127. The van der Waals surface area contributed by atoms with E-state index >= 15 is 0 Å². The van der Waals surface area contributed by atoms with Crippen LogP contribution >= 0.6 is 0 Å². The van der Waals surface area contributed by atoms with E-state index in [0.29, 0.717) is 35.9 Å². The summed E-state index contributed by atoms with van der Waals surface area (Å²) < 4.78 is 10.5. The van der Waals surface area contributed by atoms with E-state index in [9.17, 15) is 9.59 Å². The van der Waals surface area contributed by atoms with Gasteiger partial charge in [-0.15, -0.1) is 0 Å². The third-order valence-electron chi connectivity index (χ3n) is 5.63. The van der Waals surface area contributed by atoms with Crippen molar-refractivity contribution in [1.82, 2.24) is 10.2 Å². The maximum atomic E-state index is 12.5. The topological polar surface area (TPSA) is 67.9 Å². The van der Waals surface area contributed by atoms with Crippen LogP contribution in [0.2, 0.25) is 0 Å². The molecule has 0 saturated carbocycles. The number of carbonyl (C=O) groups excluding carboxylic acids is 2. The molecule has 0 bridgehead atoms. The number of carbonyl (C=O) groups is 2. The molecular formula is C24H30N2O4. The lowest BCUT2D eigenvalue weighted by molar-refractivity contribution is -0.132. The summed E-state index contributed by atoms with van der Waals surface area (Å²) in [5.41, 5.74) is 1.74. The molecule has 0 spiro atoms. The Morgan fingerprint density at radius 2 is 1.70 bits per heavy atom. The van der Waals surface area contributed by atoms with Crippen molar-refractivity contribution in [2.24, 2.45) is 5.92 Å². The molecule has 0 unspecified atom stereocenters. The van der Waals surface area contributed by atoms with Crippen LogP contribution in [0.3, 0.4) is 0 Å². The van der Waals surface area contributed by atoms with Gasteiger partial charge in [-0.25, -0.2) is 0 Å². The molecule has 1 fully saturated rings. The number of amides is 2. The van der Waals surface area contributed by atoms with Crippen molar-refractivity contribution in [2.75, 3.05) is 33.9 Å². The Kier molecular flexibility index (Phi) is 7.71. The van der Waals surface area contributed by atoms with Crippen LogP contribution in [0, 0.1) is 5.92 Å². The first kappa shape index (κ1) is 21.7. The highest BCUT2D eigenvalue weighted by Gasteiger charge is 2.23. The van der Waals surface area contributed by atoms with Crippen LogP contribution < -0.4 is 14.8 Å². The second-order valence-electron chi connectivity index (χ2n) is 7.59. The van der Waals surface area contributed by atoms with Gasteiger partial charge in [0, 0.05) is 31.6 Å². The van der Waals surface area contributed by atoms with Crippen LogP contribution in [0.25, 0.3) is 0 Å². The summed E-state index contributed by atoms with van der Waals surface area (Å²) in [5.74, 6) is 1.60. The first-order valence-corrected chi connectivity index (χ1v) is 10.4. The molecular weight excluding hydrogens is 380 g/mol. The van der Waals surface area contributed by atoms with Gasteiger partial charge in [0.1, 0.15) is 0 Å². The largest absolute Gasteiger partial charge is 0.493 e. The van der Waals surface area contributed by atoms with Gasteiger partial charge in [0.25, 0.3) is 5.91 Å². The molecule has 0 aromatic heterocycles. The number of benzene rings is 2. The Bertz CT molecular complexity index is 846. The Labute approximate surface area is 178 Å². The predicted molar refractivity (Wildman–Crippen MR) is 116 cm³/mol. The first-order valence-electron chi connectivity index (χ1n) is 10.4. The van der Waals surface area contributed by atoms with Gasteiger partial charge < -0.3 is 19.7 Å². The number of likely N-dealkylation sites (tertiary alicyclic amines) is 1. The van der Waals surface area contributed by atoms with Crippen LogP contribution in [-0.2, 0) is 11.2 Å². The van der Waals surface area contributed by atoms with Crippen molar-refractivity contribution in [1.29, 1.82) is 0 Å². The number of hydrogen-bond acceptors (Lipinski definition) is 4. The monoisotopic (exact) mass is 410 g/mol. The van der Waals surface area contributed by atoms with Crippen molar-refractivity contribution in [3.05, 3.63) is 59.7 Å². The lowest BCUT2D eigenvalue weighted by Gasteiger charge is -2.32. The van der Waals surface area contributed by atoms with E-state index in [1.807, 2.05) is 23.1 Å². The van der Waals surface area contributed by atoms with Crippen molar-refractivity contribution in [3.8, 4) is 11.5 Å². The third kappa shape index (κ3) is 5.75. The number of ether oxygens (including phenoxy) is 2. The maximum Gasteiger partial charge on any atom is 0.251 e. The lowest BCUT2D eigenvalue weighted by Crippen LogP contribution is -2.41. The molecule has 2 aromatic rings. The zero-order chi connectivity index (χ0) is 21.3. The van der Waals surface area contributed by atoms with Crippen molar-refractivity contribution in [2.45, 2.75) is 25.7 Å². The van der Waals surface area contributed by atoms with E-state index in [2.05, 4.69) is 17.4 Å². The minimum atomic E-state index is -0.127. The number of nitrogens with one attached hydrogen (secondary N) is 1. The maximum absolute atomic E-state index is 12.5. The molecule has 1 heterocycles. The fourth-order valence-corrected chi connectivity index (χ4v) is 3.76. The minimum Gasteiger partial charge on any atom is -0.493 e. The van der Waals surface area contributed by atoms with Crippen molar-refractivity contribution < 1.29 is 19.1 Å². The summed E-state index contributed by atoms with van der Waals surface area (Å²) in [6.45, 7) is 2.12. The summed E-state index contributed by atoms with van der Waals surface area (Å²) in [6.07, 6.45) is 3.14. The normalized spacial score (nSPS) is 14.3. The molecule has 0 aliphatic carbocycles. The molecule has 2 aromatic carbocycles. The van der Waals surface area contributed by atoms with Gasteiger partial charge in [-0.05, 0) is 48.9 Å². The van der Waals surface area contributed by atoms with Crippen LogP contribution in [0.5, 0.6) is 11.5 Å². The standard InChI is InChI=1S/C24H30N2O4/c1-29-21-10-9-20(16-22(21)30-2)24(28)25-17-19-12-14-26(15-13-19)23(27)11-8-18-6-4-3-5-7-18/h3-7,9-10,16,19H,8,11-15,17H2,1-2H3,(H,25,28). The summed E-state index contributed by atoms with van der Waals surface area (Å²) in [4.78, 5) is 26.9. The summed E-state index contributed by atoms with van der Waals surface area (Å²) >= 11 is 0. The van der Waals surface area contributed by atoms with E-state index in [1.165, 1.54) is 5.56 Å². The average molecular weight is 411 g/mol. The van der Waals surface area contributed by atoms with Crippen LogP contribution in [0.15, 0.2) is 48.5 Å². The molecule has 1 aliphatic rings. The van der Waals surface area contributed by atoms with Gasteiger partial charge in [-0.2, -0.15) is 0 Å². The quantitative estimate of drug-likeness (QED) is 0.725. The van der Waals surface area contributed by atoms with Crippen LogP contribution in [0.4, 0.5) is 0 Å². The van der Waals surface area contributed by atoms with Gasteiger partial charge in [0.15, 0.2) is 11.5 Å². The van der Waals surface area contributed by atoms with Crippen molar-refractivity contribution in [3.63, 3.8) is 0 Å². The SMILES string of the molecule is COc1ccc(C(=O)NCC2CCN(C(=O)CCc3ccccc3)CC2)cc1OC. The smallest absolute Gasteiger partial charge is 0.251 e. The van der Waals surface area contributed by atoms with E-state index in [4.69, 9.17) is 9.47 Å². The second kappa shape index (κ2) is 10.7. The van der Waals surface area contributed by atoms with Gasteiger partial charge in [-0.3, -0.25) is 9.59 Å². The Morgan fingerprint density at radius 3 is 2.37 bits per heavy atom. The number of methoxy groups -OCH3 is 2. The zero-order valence-corrected chi connectivity index (χ0v) is 17.7. The number of aryl methyl sites for hydroxylation is 1. The molecule has 0 radical (unpaired) electrons. The molecule has 2 amide bonds. The highest BCUT2D eigenvalue weighted by molar-refractivity contribution is 5.94. The van der Waals surface area contributed by atoms with Gasteiger partial charge in [0.2, 0.25) is 5.91 Å². The Hall–Kier alpha value is -3.02. The number of piperidine rings is 1. The van der Waals surface area contributed by atoms with E-state index < -0.39 is 0 Å². The van der Waals surface area contributed by atoms with E-state index in [1.54, 1.807) is 32.4 Å². The van der Waals surface area contributed by atoms with Gasteiger partial charge >= 0.3 is 0 Å². The highest BCUT2D eigenvalue weighted by Crippen LogP contribution is 2.27. The summed E-state index contributed by atoms with van der Waals surface area (Å²) in [5, 5.41) is 3.01. The van der Waals surface area contributed by atoms with E-state index in [0.717, 1.165) is 32.4 Å². The van der Waals surface area contributed by atoms with Gasteiger partial charge in [0.05, 0.1) is 14.2 Å². The lowest BCUT2D eigenvalue weighted by atomic mass is 9.96. The Balaban J connectivity index is 1.41. The molecule has 160 valence electrons. The molecule has 30 heavy (non-hydrogen) atoms.